The van der Waals surface area contributed by atoms with E-state index >= 15 is 0 Å². The highest BCUT2D eigenvalue weighted by Gasteiger charge is 2.16. The van der Waals surface area contributed by atoms with Crippen LogP contribution in [0.1, 0.15) is 18.9 Å². The van der Waals surface area contributed by atoms with Gasteiger partial charge in [-0.15, -0.1) is 0 Å². The van der Waals surface area contributed by atoms with E-state index in [0.717, 1.165) is 10.0 Å². The zero-order valence-electron chi connectivity index (χ0n) is 8.94. The molecule has 0 fully saturated rings. The first-order valence-electron chi connectivity index (χ1n) is 5.00. The average Bonchev–Trinajstić information content (AvgIpc) is 2.21. The second-order valence-electron chi connectivity index (χ2n) is 3.83. The third kappa shape index (κ3) is 3.77. The van der Waals surface area contributed by atoms with Gasteiger partial charge >= 0.3 is 5.97 Å². The van der Waals surface area contributed by atoms with Crippen molar-refractivity contribution < 1.29 is 14.7 Å². The molecule has 1 aromatic rings. The van der Waals surface area contributed by atoms with Crippen LogP contribution < -0.4 is 0 Å². The third-order valence-electron chi connectivity index (χ3n) is 2.30. The predicted octanol–water partition coefficient (Wildman–Crippen LogP) is 2.67. The predicted molar refractivity (Wildman–Crippen MR) is 64.3 cm³/mol. The van der Waals surface area contributed by atoms with Crippen LogP contribution in [0.15, 0.2) is 28.7 Å². The molecule has 0 bridgehead atoms. The third-order valence-corrected chi connectivity index (χ3v) is 3.07. The van der Waals surface area contributed by atoms with Crippen molar-refractivity contribution in [1.82, 2.24) is 0 Å². The Balaban J connectivity index is 2.58. The molecule has 16 heavy (non-hydrogen) atoms. The zero-order chi connectivity index (χ0) is 12.1. The smallest absolute Gasteiger partial charge is 0.372 e. The molecule has 1 unspecified atom stereocenters. The minimum atomic E-state index is -1.35. The Morgan fingerprint density at radius 1 is 1.38 bits per heavy atom. The van der Waals surface area contributed by atoms with Gasteiger partial charge in [-0.2, -0.15) is 0 Å². The molecule has 3 nitrogen and oxygen atoms in total. The second-order valence-corrected chi connectivity index (χ2v) is 4.69. The number of aliphatic carboxylic acids is 1. The van der Waals surface area contributed by atoms with Crippen molar-refractivity contribution >= 4 is 27.7 Å². The standard InChI is InChI=1S/C12H13BrO3/c1-8(7-11(14)12(15)16)6-9-4-2-3-5-10(9)13/h2-5,8H,6-7H2,1H3,(H,15,16). The van der Waals surface area contributed by atoms with Gasteiger partial charge in [0.15, 0.2) is 0 Å². The van der Waals surface area contributed by atoms with Crippen molar-refractivity contribution in [2.75, 3.05) is 0 Å². The molecular formula is C12H13BrO3. The minimum Gasteiger partial charge on any atom is -0.476 e. The maximum absolute atomic E-state index is 11.0. The number of hydrogen-bond acceptors (Lipinski definition) is 2. The first-order valence-corrected chi connectivity index (χ1v) is 5.79. The van der Waals surface area contributed by atoms with Gasteiger partial charge in [0.05, 0.1) is 0 Å². The fourth-order valence-corrected chi connectivity index (χ4v) is 1.96. The average molecular weight is 285 g/mol. The Kier molecular flexibility index (Phi) is 4.68. The monoisotopic (exact) mass is 284 g/mol. The van der Waals surface area contributed by atoms with Gasteiger partial charge in [0.1, 0.15) is 0 Å². The Labute approximate surface area is 103 Å². The van der Waals surface area contributed by atoms with Gasteiger partial charge < -0.3 is 5.11 Å². The van der Waals surface area contributed by atoms with Crippen LogP contribution in [0.5, 0.6) is 0 Å². The molecule has 4 heteroatoms. The molecule has 86 valence electrons. The van der Waals surface area contributed by atoms with Gasteiger partial charge in [-0.3, -0.25) is 4.79 Å². The molecule has 0 radical (unpaired) electrons. The summed E-state index contributed by atoms with van der Waals surface area (Å²) in [5.74, 6) is -2.04. The van der Waals surface area contributed by atoms with E-state index in [1.807, 2.05) is 31.2 Å². The first-order chi connectivity index (χ1) is 7.50. The Morgan fingerprint density at radius 3 is 2.56 bits per heavy atom. The number of carboxylic acid groups (broad SMARTS) is 1. The van der Waals surface area contributed by atoms with Crippen molar-refractivity contribution in [3.05, 3.63) is 34.3 Å². The van der Waals surface area contributed by atoms with E-state index in [4.69, 9.17) is 5.11 Å². The molecular weight excluding hydrogens is 272 g/mol. The molecule has 1 atom stereocenters. The summed E-state index contributed by atoms with van der Waals surface area (Å²) >= 11 is 3.42. The van der Waals surface area contributed by atoms with Gasteiger partial charge in [0.25, 0.3) is 0 Å². The molecule has 0 spiro atoms. The number of carbonyl (C=O) groups is 2. The van der Waals surface area contributed by atoms with E-state index in [1.54, 1.807) is 0 Å². The summed E-state index contributed by atoms with van der Waals surface area (Å²) in [6, 6.07) is 7.74. The molecule has 1 rings (SSSR count). The summed E-state index contributed by atoms with van der Waals surface area (Å²) < 4.78 is 0.990. The molecule has 0 aliphatic carbocycles. The van der Waals surface area contributed by atoms with Crippen molar-refractivity contribution in [3.63, 3.8) is 0 Å². The lowest BCUT2D eigenvalue weighted by atomic mass is 9.96. The number of halogens is 1. The van der Waals surface area contributed by atoms with E-state index in [-0.39, 0.29) is 12.3 Å². The van der Waals surface area contributed by atoms with E-state index in [0.29, 0.717) is 6.42 Å². The van der Waals surface area contributed by atoms with E-state index in [1.165, 1.54) is 0 Å². The van der Waals surface area contributed by atoms with Crippen LogP contribution in [0, 0.1) is 5.92 Å². The van der Waals surface area contributed by atoms with Crippen LogP contribution in [0.3, 0.4) is 0 Å². The number of carbonyl (C=O) groups excluding carboxylic acids is 1. The van der Waals surface area contributed by atoms with Crippen molar-refractivity contribution in [2.24, 2.45) is 5.92 Å². The molecule has 0 saturated heterocycles. The van der Waals surface area contributed by atoms with Crippen molar-refractivity contribution in [2.45, 2.75) is 19.8 Å². The van der Waals surface area contributed by atoms with Crippen LogP contribution in [0.4, 0.5) is 0 Å². The Hall–Kier alpha value is -1.16. The SMILES string of the molecule is CC(CC(=O)C(=O)O)Cc1ccccc1Br. The number of benzene rings is 1. The maximum atomic E-state index is 11.0. The summed E-state index contributed by atoms with van der Waals surface area (Å²) in [6.45, 7) is 1.88. The lowest BCUT2D eigenvalue weighted by Crippen LogP contribution is -2.16. The largest absolute Gasteiger partial charge is 0.476 e. The van der Waals surface area contributed by atoms with E-state index in [2.05, 4.69) is 15.9 Å². The Morgan fingerprint density at radius 2 is 2.00 bits per heavy atom. The van der Waals surface area contributed by atoms with Crippen molar-refractivity contribution in [1.29, 1.82) is 0 Å². The minimum absolute atomic E-state index is 0.0299. The first kappa shape index (κ1) is 12.9. The van der Waals surface area contributed by atoms with Crippen LogP contribution in [0.2, 0.25) is 0 Å². The van der Waals surface area contributed by atoms with Gasteiger partial charge in [-0.25, -0.2) is 4.79 Å². The molecule has 1 aromatic carbocycles. The molecule has 0 aromatic heterocycles. The quantitative estimate of drug-likeness (QED) is 0.846. The van der Waals surface area contributed by atoms with Gasteiger partial charge in [-0.1, -0.05) is 41.1 Å². The lowest BCUT2D eigenvalue weighted by molar-refractivity contribution is -0.149. The zero-order valence-corrected chi connectivity index (χ0v) is 10.5. The van der Waals surface area contributed by atoms with Gasteiger partial charge in [-0.05, 0) is 24.0 Å². The number of carboxylic acids is 1. The molecule has 0 amide bonds. The number of ketones is 1. The number of rotatable bonds is 5. The van der Waals surface area contributed by atoms with Crippen LogP contribution >= 0.6 is 15.9 Å². The summed E-state index contributed by atoms with van der Waals surface area (Å²) in [7, 11) is 0. The molecule has 0 heterocycles. The summed E-state index contributed by atoms with van der Waals surface area (Å²) in [5, 5.41) is 8.49. The van der Waals surface area contributed by atoms with Crippen LogP contribution in [0.25, 0.3) is 0 Å². The van der Waals surface area contributed by atoms with Crippen LogP contribution in [-0.4, -0.2) is 16.9 Å². The number of Topliss-reactive ketones (excluding diaryl/α,β-unsaturated/α-hetero) is 1. The molecule has 0 aliphatic rings. The van der Waals surface area contributed by atoms with Gasteiger partial charge in [0.2, 0.25) is 5.78 Å². The molecule has 0 aliphatic heterocycles. The summed E-state index contributed by atoms with van der Waals surface area (Å²) in [5.41, 5.74) is 1.09. The topological polar surface area (TPSA) is 54.4 Å². The summed E-state index contributed by atoms with van der Waals surface area (Å²) in [4.78, 5) is 21.4. The lowest BCUT2D eigenvalue weighted by Gasteiger charge is -2.10. The fourth-order valence-electron chi connectivity index (χ4n) is 1.52. The highest BCUT2D eigenvalue weighted by Crippen LogP contribution is 2.20. The van der Waals surface area contributed by atoms with E-state index < -0.39 is 11.8 Å². The fraction of sp³-hybridized carbons (Fsp3) is 0.333. The normalized spacial score (nSPS) is 12.1. The highest BCUT2D eigenvalue weighted by molar-refractivity contribution is 9.10. The molecule has 0 saturated carbocycles. The maximum Gasteiger partial charge on any atom is 0.372 e. The highest BCUT2D eigenvalue weighted by atomic mass is 79.9. The van der Waals surface area contributed by atoms with Crippen LogP contribution in [-0.2, 0) is 16.0 Å². The second kappa shape index (κ2) is 5.80. The Bertz CT molecular complexity index is 401. The molecule has 1 N–H and O–H groups in total. The van der Waals surface area contributed by atoms with Crippen molar-refractivity contribution in [3.8, 4) is 0 Å². The number of hydrogen-bond donors (Lipinski definition) is 1. The van der Waals surface area contributed by atoms with Gasteiger partial charge in [0, 0.05) is 10.9 Å². The summed E-state index contributed by atoms with van der Waals surface area (Å²) in [6.07, 6.45) is 0.775. The van der Waals surface area contributed by atoms with E-state index in [9.17, 15) is 9.59 Å².